The number of esters is 1. The first-order chi connectivity index (χ1) is 19.9. The Bertz CT molecular complexity index is 1540. The number of amides is 2. The van der Waals surface area contributed by atoms with Crippen molar-refractivity contribution in [1.29, 1.82) is 10.8 Å². The Kier molecular flexibility index (Phi) is 9.08. The quantitative estimate of drug-likeness (QED) is 0.166. The zero-order valence-electron chi connectivity index (χ0n) is 24.9. The Labute approximate surface area is 245 Å². The molecule has 0 fully saturated rings. The number of anilines is 1. The van der Waals surface area contributed by atoms with E-state index in [0.29, 0.717) is 30.1 Å². The molecule has 42 heavy (non-hydrogen) atoms. The summed E-state index contributed by atoms with van der Waals surface area (Å²) in [5.74, 6) is 0.295. The standard InChI is InChI=1S/C31H39N7O4/c1-7-41-29(39)28-35-24(31(4,5)6)16-26(36-28)37-30(40)34-22-13-14-23(21-11-9-8-10-20(21)22)42-19-12-15-25(32)38(17-19)27(33)18(2)3/h8-12,15-18,22-23,32-33H,7,13-14H2,1-6H3,(H2,34,35,36,37,40). The summed E-state index contributed by atoms with van der Waals surface area (Å²) in [4.78, 5) is 34.1. The van der Waals surface area contributed by atoms with Crippen LogP contribution in [0.3, 0.4) is 0 Å². The number of pyridine rings is 1. The second-order valence-corrected chi connectivity index (χ2v) is 11.6. The van der Waals surface area contributed by atoms with Crippen LogP contribution in [0.15, 0.2) is 48.7 Å². The molecule has 0 saturated heterocycles. The van der Waals surface area contributed by atoms with Crippen molar-refractivity contribution < 1.29 is 19.1 Å². The largest absolute Gasteiger partial charge is 0.484 e. The van der Waals surface area contributed by atoms with Crippen LogP contribution in [-0.2, 0) is 10.2 Å². The molecule has 4 rings (SSSR count). The molecule has 1 aromatic carbocycles. The molecule has 2 amide bonds. The molecule has 4 N–H and O–H groups in total. The van der Waals surface area contributed by atoms with Crippen molar-refractivity contribution in [3.8, 4) is 5.75 Å². The highest BCUT2D eigenvalue weighted by Crippen LogP contribution is 2.38. The highest BCUT2D eigenvalue weighted by molar-refractivity contribution is 5.90. The summed E-state index contributed by atoms with van der Waals surface area (Å²) in [6.07, 6.45) is 2.69. The lowest BCUT2D eigenvalue weighted by Gasteiger charge is -2.32. The number of aromatic nitrogens is 3. The lowest BCUT2D eigenvalue weighted by molar-refractivity contribution is 0.0511. The van der Waals surface area contributed by atoms with Gasteiger partial charge in [0.2, 0.25) is 5.82 Å². The number of carbonyl (C=O) groups is 2. The molecule has 11 nitrogen and oxygen atoms in total. The zero-order chi connectivity index (χ0) is 30.6. The van der Waals surface area contributed by atoms with Crippen LogP contribution in [0.25, 0.3) is 0 Å². The van der Waals surface area contributed by atoms with Crippen molar-refractivity contribution in [3.05, 3.63) is 76.8 Å². The maximum Gasteiger partial charge on any atom is 0.376 e. The first-order valence-corrected chi connectivity index (χ1v) is 14.1. The molecule has 2 aromatic heterocycles. The van der Waals surface area contributed by atoms with Crippen molar-refractivity contribution in [3.63, 3.8) is 0 Å². The topological polar surface area (TPSA) is 155 Å². The average molecular weight is 574 g/mol. The molecule has 0 bridgehead atoms. The summed E-state index contributed by atoms with van der Waals surface area (Å²) in [5, 5.41) is 22.3. The van der Waals surface area contributed by atoms with Crippen LogP contribution >= 0.6 is 0 Å². The number of urea groups is 1. The van der Waals surface area contributed by atoms with Crippen LogP contribution in [0.2, 0.25) is 0 Å². The number of fused-ring (bicyclic) bond motifs is 1. The number of benzene rings is 1. The average Bonchev–Trinajstić information content (AvgIpc) is 2.94. The lowest BCUT2D eigenvalue weighted by Crippen LogP contribution is -2.36. The number of carbonyl (C=O) groups excluding carboxylic acids is 2. The van der Waals surface area contributed by atoms with Crippen LogP contribution in [0.5, 0.6) is 5.75 Å². The van der Waals surface area contributed by atoms with Gasteiger partial charge in [-0.25, -0.2) is 19.6 Å². The first-order valence-electron chi connectivity index (χ1n) is 14.1. The van der Waals surface area contributed by atoms with E-state index >= 15 is 0 Å². The summed E-state index contributed by atoms with van der Waals surface area (Å²) in [6, 6.07) is 12.1. The van der Waals surface area contributed by atoms with E-state index in [-0.39, 0.29) is 47.2 Å². The van der Waals surface area contributed by atoms with Crippen LogP contribution in [0.4, 0.5) is 10.6 Å². The molecular weight excluding hydrogens is 534 g/mol. The van der Waals surface area contributed by atoms with E-state index < -0.39 is 12.0 Å². The second kappa shape index (κ2) is 12.5. The number of rotatable bonds is 7. The maximum atomic E-state index is 13.1. The predicted octanol–water partition coefficient (Wildman–Crippen LogP) is 5.49. The van der Waals surface area contributed by atoms with Gasteiger partial charge >= 0.3 is 12.0 Å². The van der Waals surface area contributed by atoms with Gasteiger partial charge in [0.1, 0.15) is 29.0 Å². The van der Waals surface area contributed by atoms with Gasteiger partial charge in [0, 0.05) is 17.4 Å². The highest BCUT2D eigenvalue weighted by atomic mass is 16.5. The third-order valence-electron chi connectivity index (χ3n) is 6.94. The Hall–Kier alpha value is -4.54. The molecular formula is C31H39N7O4. The number of hydrogen-bond donors (Lipinski definition) is 4. The van der Waals surface area contributed by atoms with Gasteiger partial charge in [-0.1, -0.05) is 58.9 Å². The van der Waals surface area contributed by atoms with Crippen molar-refractivity contribution in [2.24, 2.45) is 5.92 Å². The van der Waals surface area contributed by atoms with Gasteiger partial charge in [0.15, 0.2) is 0 Å². The molecule has 0 saturated carbocycles. The van der Waals surface area contributed by atoms with Gasteiger partial charge in [-0.3, -0.25) is 20.7 Å². The van der Waals surface area contributed by atoms with Crippen LogP contribution < -0.4 is 20.9 Å². The molecule has 11 heteroatoms. The molecule has 2 atom stereocenters. The molecule has 0 aliphatic heterocycles. The third-order valence-corrected chi connectivity index (χ3v) is 6.94. The Balaban J connectivity index is 1.52. The van der Waals surface area contributed by atoms with Crippen molar-refractivity contribution >= 4 is 23.7 Å². The zero-order valence-corrected chi connectivity index (χ0v) is 24.9. The van der Waals surface area contributed by atoms with Gasteiger partial charge in [0.05, 0.1) is 24.5 Å². The summed E-state index contributed by atoms with van der Waals surface area (Å²) in [5.41, 5.74) is 2.32. The molecule has 0 spiro atoms. The molecule has 0 radical (unpaired) electrons. The Morgan fingerprint density at radius 2 is 1.81 bits per heavy atom. The van der Waals surface area contributed by atoms with Gasteiger partial charge in [-0.15, -0.1) is 0 Å². The van der Waals surface area contributed by atoms with Gasteiger partial charge in [0.25, 0.3) is 0 Å². The van der Waals surface area contributed by atoms with Gasteiger partial charge < -0.3 is 14.8 Å². The minimum absolute atomic E-state index is 0.0399. The third kappa shape index (κ3) is 7.02. The van der Waals surface area contributed by atoms with Crippen molar-refractivity contribution in [1.82, 2.24) is 19.9 Å². The molecule has 1 aliphatic carbocycles. The Morgan fingerprint density at radius 1 is 1.10 bits per heavy atom. The maximum absolute atomic E-state index is 13.1. The first kappa shape index (κ1) is 30.4. The fraction of sp³-hybridized carbons (Fsp3) is 0.419. The highest BCUT2D eigenvalue weighted by Gasteiger charge is 2.30. The van der Waals surface area contributed by atoms with E-state index in [1.165, 1.54) is 4.57 Å². The van der Waals surface area contributed by atoms with Crippen LogP contribution in [-0.4, -0.2) is 39.0 Å². The minimum Gasteiger partial charge on any atom is -0.484 e. The van der Waals surface area contributed by atoms with Crippen LogP contribution in [0.1, 0.15) is 94.0 Å². The normalized spacial score (nSPS) is 16.4. The molecule has 2 heterocycles. The number of ether oxygens (including phenoxy) is 2. The molecule has 2 unspecified atom stereocenters. The summed E-state index contributed by atoms with van der Waals surface area (Å²) in [7, 11) is 0. The van der Waals surface area contributed by atoms with Crippen molar-refractivity contribution in [2.45, 2.75) is 71.9 Å². The molecule has 222 valence electrons. The van der Waals surface area contributed by atoms with E-state index in [1.54, 1.807) is 31.3 Å². The number of nitrogens with zero attached hydrogens (tertiary/aromatic N) is 3. The summed E-state index contributed by atoms with van der Waals surface area (Å²) >= 11 is 0. The molecule has 1 aliphatic rings. The van der Waals surface area contributed by atoms with Crippen molar-refractivity contribution in [2.75, 3.05) is 11.9 Å². The van der Waals surface area contributed by atoms with Gasteiger partial charge in [-0.05, 0) is 43.0 Å². The molecule has 3 aromatic rings. The fourth-order valence-electron chi connectivity index (χ4n) is 4.71. The summed E-state index contributed by atoms with van der Waals surface area (Å²) < 4.78 is 13.0. The second-order valence-electron chi connectivity index (χ2n) is 11.6. The SMILES string of the molecule is CCOC(=O)c1nc(NC(=O)NC2CCC(Oc3ccc(=N)n(C(=N)C(C)C)c3)c3ccccc32)cc(C(C)(C)C)n1. The number of hydrogen-bond acceptors (Lipinski definition) is 8. The predicted molar refractivity (Wildman–Crippen MR) is 159 cm³/mol. The van der Waals surface area contributed by atoms with Gasteiger partial charge in [-0.2, -0.15) is 0 Å². The van der Waals surface area contributed by atoms with E-state index in [4.69, 9.17) is 20.3 Å². The number of nitrogens with one attached hydrogen (secondary N) is 4. The van der Waals surface area contributed by atoms with Crippen LogP contribution in [0, 0.1) is 16.7 Å². The Morgan fingerprint density at radius 3 is 2.48 bits per heavy atom. The van der Waals surface area contributed by atoms with E-state index in [9.17, 15) is 9.59 Å². The monoisotopic (exact) mass is 573 g/mol. The lowest BCUT2D eigenvalue weighted by atomic mass is 9.85. The minimum atomic E-state index is -0.650. The summed E-state index contributed by atoms with van der Waals surface area (Å²) in [6.45, 7) is 11.6. The van der Waals surface area contributed by atoms with E-state index in [2.05, 4.69) is 20.6 Å². The fourth-order valence-corrected chi connectivity index (χ4v) is 4.71. The van der Waals surface area contributed by atoms with E-state index in [0.717, 1.165) is 11.1 Å². The smallest absolute Gasteiger partial charge is 0.376 e. The van der Waals surface area contributed by atoms with E-state index in [1.807, 2.05) is 58.9 Å².